The topological polar surface area (TPSA) is 0 Å². The summed E-state index contributed by atoms with van der Waals surface area (Å²) in [7, 11) is 3.53. The van der Waals surface area contributed by atoms with Gasteiger partial charge in [0.05, 0.1) is 0 Å². The molecule has 0 radical (unpaired) electrons. The van der Waals surface area contributed by atoms with E-state index in [2.05, 4.69) is 24.3 Å². The van der Waals surface area contributed by atoms with Gasteiger partial charge in [-0.25, -0.2) is 0 Å². The van der Waals surface area contributed by atoms with Crippen LogP contribution in [0.4, 0.5) is 0 Å². The summed E-state index contributed by atoms with van der Waals surface area (Å²) >= 11 is 1.88. The summed E-state index contributed by atoms with van der Waals surface area (Å²) in [6.45, 7) is 3.64. The molecule has 0 N–H and O–H groups in total. The third kappa shape index (κ3) is 8.53. The molecule has 0 aromatic carbocycles. The highest BCUT2D eigenvalue weighted by Crippen LogP contribution is 2.17. The van der Waals surface area contributed by atoms with Gasteiger partial charge in [-0.15, -0.1) is 6.58 Å². The Balaban J connectivity index is 2.94. The summed E-state index contributed by atoms with van der Waals surface area (Å²) < 4.78 is 0. The largest absolute Gasteiger partial charge is 0.154 e. The van der Waals surface area contributed by atoms with E-state index in [4.69, 9.17) is 0 Å². The molecule has 0 aliphatic carbocycles. The highest BCUT2D eigenvalue weighted by Gasteiger charge is 1.78. The summed E-state index contributed by atoms with van der Waals surface area (Å²) in [4.78, 5) is 0. The SMILES string of the molecule is C=CCSCC=CSSC. The van der Waals surface area contributed by atoms with Gasteiger partial charge in [-0.2, -0.15) is 11.8 Å². The summed E-state index contributed by atoms with van der Waals surface area (Å²) in [5.41, 5.74) is 0. The molecule has 0 fully saturated rings. The van der Waals surface area contributed by atoms with E-state index in [1.165, 1.54) is 0 Å². The Morgan fingerprint density at radius 3 is 2.80 bits per heavy atom. The van der Waals surface area contributed by atoms with E-state index in [0.717, 1.165) is 11.5 Å². The molecule has 0 nitrogen and oxygen atoms in total. The smallest absolute Gasteiger partial charge is 0.0124 e. The zero-order chi connectivity index (χ0) is 7.66. The van der Waals surface area contributed by atoms with Crippen LogP contribution in [0.5, 0.6) is 0 Å². The summed E-state index contributed by atoms with van der Waals surface area (Å²) in [5.74, 6) is 2.15. The monoisotopic (exact) mass is 192 g/mol. The van der Waals surface area contributed by atoms with Gasteiger partial charge in [0.1, 0.15) is 0 Å². The Morgan fingerprint density at radius 1 is 1.40 bits per heavy atom. The zero-order valence-electron chi connectivity index (χ0n) is 6.08. The van der Waals surface area contributed by atoms with Gasteiger partial charge in [0.2, 0.25) is 0 Å². The number of thioether (sulfide) groups is 1. The van der Waals surface area contributed by atoms with Crippen molar-refractivity contribution in [2.24, 2.45) is 0 Å². The fraction of sp³-hybridized carbons (Fsp3) is 0.429. The summed E-state index contributed by atoms with van der Waals surface area (Å²) in [5, 5.41) is 2.13. The molecular formula is C7H12S3. The van der Waals surface area contributed by atoms with E-state index in [1.54, 1.807) is 21.6 Å². The van der Waals surface area contributed by atoms with Crippen LogP contribution in [0.15, 0.2) is 24.1 Å². The number of hydrogen-bond donors (Lipinski definition) is 0. The summed E-state index contributed by atoms with van der Waals surface area (Å²) in [6.07, 6.45) is 6.18. The van der Waals surface area contributed by atoms with Crippen molar-refractivity contribution >= 4 is 33.3 Å². The Morgan fingerprint density at radius 2 is 2.20 bits per heavy atom. The Bertz CT molecular complexity index is 99.0. The minimum Gasteiger partial charge on any atom is -0.154 e. The number of rotatable bonds is 6. The van der Waals surface area contributed by atoms with E-state index < -0.39 is 0 Å². The molecule has 0 spiro atoms. The van der Waals surface area contributed by atoms with Crippen LogP contribution < -0.4 is 0 Å². The molecule has 0 saturated carbocycles. The lowest BCUT2D eigenvalue weighted by atomic mass is 10.8. The Hall–Kier alpha value is 0.530. The minimum atomic E-state index is 1.05. The standard InChI is InChI=1S/C7H12S3/c1-3-5-9-6-4-7-10-8-2/h3-4,7H,1,5-6H2,2H3. The maximum absolute atomic E-state index is 3.64. The lowest BCUT2D eigenvalue weighted by Crippen LogP contribution is -1.71. The first-order valence-corrected chi connectivity index (χ1v) is 6.72. The molecule has 0 rings (SSSR count). The first-order valence-electron chi connectivity index (χ1n) is 2.95. The van der Waals surface area contributed by atoms with Gasteiger partial charge < -0.3 is 0 Å². The molecule has 10 heavy (non-hydrogen) atoms. The van der Waals surface area contributed by atoms with Crippen molar-refractivity contribution in [1.82, 2.24) is 0 Å². The van der Waals surface area contributed by atoms with E-state index in [1.807, 2.05) is 17.8 Å². The van der Waals surface area contributed by atoms with Crippen LogP contribution in [0.25, 0.3) is 0 Å². The van der Waals surface area contributed by atoms with Gasteiger partial charge >= 0.3 is 0 Å². The van der Waals surface area contributed by atoms with Crippen LogP contribution in [0, 0.1) is 0 Å². The predicted molar refractivity (Wildman–Crippen MR) is 57.8 cm³/mol. The molecule has 0 atom stereocenters. The third-order valence-corrected chi connectivity index (χ3v) is 3.00. The second kappa shape index (κ2) is 9.53. The van der Waals surface area contributed by atoms with Gasteiger partial charge in [0.15, 0.2) is 0 Å². The van der Waals surface area contributed by atoms with E-state index in [9.17, 15) is 0 Å². The quantitative estimate of drug-likeness (QED) is 0.359. The van der Waals surface area contributed by atoms with Crippen LogP contribution >= 0.6 is 33.3 Å². The minimum absolute atomic E-state index is 1.05. The van der Waals surface area contributed by atoms with Gasteiger partial charge in [0, 0.05) is 11.5 Å². The molecule has 0 amide bonds. The normalized spacial score (nSPS) is 10.5. The van der Waals surface area contributed by atoms with E-state index >= 15 is 0 Å². The maximum Gasteiger partial charge on any atom is 0.0124 e. The van der Waals surface area contributed by atoms with Crippen LogP contribution in [0.1, 0.15) is 0 Å². The lowest BCUT2D eigenvalue weighted by Gasteiger charge is -1.88. The average molecular weight is 192 g/mol. The van der Waals surface area contributed by atoms with Crippen molar-refractivity contribution in [3.63, 3.8) is 0 Å². The van der Waals surface area contributed by atoms with Crippen molar-refractivity contribution < 1.29 is 0 Å². The fourth-order valence-corrected chi connectivity index (χ4v) is 1.87. The highest BCUT2D eigenvalue weighted by atomic mass is 33.1. The van der Waals surface area contributed by atoms with Gasteiger partial charge in [-0.3, -0.25) is 0 Å². The fourth-order valence-electron chi connectivity index (χ4n) is 0.354. The molecule has 0 heterocycles. The van der Waals surface area contributed by atoms with Crippen molar-refractivity contribution in [2.45, 2.75) is 0 Å². The van der Waals surface area contributed by atoms with Crippen LogP contribution in [0.3, 0.4) is 0 Å². The molecular weight excluding hydrogens is 180 g/mol. The third-order valence-electron chi connectivity index (χ3n) is 0.698. The van der Waals surface area contributed by atoms with E-state index in [0.29, 0.717) is 0 Å². The lowest BCUT2D eigenvalue weighted by molar-refractivity contribution is 1.74. The predicted octanol–water partition coefficient (Wildman–Crippen LogP) is 3.43. The van der Waals surface area contributed by atoms with Crippen molar-refractivity contribution in [2.75, 3.05) is 17.8 Å². The van der Waals surface area contributed by atoms with Gasteiger partial charge in [-0.05, 0) is 11.7 Å². The zero-order valence-corrected chi connectivity index (χ0v) is 8.53. The summed E-state index contributed by atoms with van der Waals surface area (Å²) in [6, 6.07) is 0. The van der Waals surface area contributed by atoms with Gasteiger partial charge in [-0.1, -0.05) is 33.7 Å². The Kier molecular flexibility index (Phi) is 10.0. The van der Waals surface area contributed by atoms with Crippen molar-refractivity contribution in [1.29, 1.82) is 0 Å². The second-order valence-corrected chi connectivity index (χ2v) is 4.91. The van der Waals surface area contributed by atoms with Crippen molar-refractivity contribution in [3.8, 4) is 0 Å². The average Bonchev–Trinajstić information content (AvgIpc) is 1.97. The molecule has 0 aromatic heterocycles. The molecule has 0 aromatic rings. The molecule has 58 valence electrons. The van der Waals surface area contributed by atoms with Gasteiger partial charge in [0.25, 0.3) is 0 Å². The maximum atomic E-state index is 3.64. The van der Waals surface area contributed by atoms with Crippen molar-refractivity contribution in [3.05, 3.63) is 24.1 Å². The molecule has 0 aliphatic rings. The number of hydrogen-bond acceptors (Lipinski definition) is 3. The molecule has 0 aliphatic heterocycles. The first-order chi connectivity index (χ1) is 4.91. The van der Waals surface area contributed by atoms with Crippen LogP contribution in [-0.4, -0.2) is 17.8 Å². The molecule has 0 bridgehead atoms. The van der Waals surface area contributed by atoms with Crippen LogP contribution in [0.2, 0.25) is 0 Å². The molecule has 0 saturated heterocycles. The Labute approximate surface area is 75.3 Å². The van der Waals surface area contributed by atoms with E-state index in [-0.39, 0.29) is 0 Å². The second-order valence-electron chi connectivity index (χ2n) is 1.46. The van der Waals surface area contributed by atoms with Crippen LogP contribution in [-0.2, 0) is 0 Å². The molecule has 3 heteroatoms. The highest BCUT2D eigenvalue weighted by molar-refractivity contribution is 8.77. The molecule has 0 unspecified atom stereocenters. The first kappa shape index (κ1) is 10.5.